The van der Waals surface area contributed by atoms with Gasteiger partial charge in [0.15, 0.2) is 9.84 Å². The molecule has 3 rings (SSSR count). The Hall–Kier alpha value is -1.87. The van der Waals surface area contributed by atoms with E-state index in [9.17, 15) is 13.7 Å². The summed E-state index contributed by atoms with van der Waals surface area (Å²) in [6.45, 7) is 0.0700. The molecule has 0 aromatic heterocycles. The van der Waals surface area contributed by atoms with Crippen LogP contribution in [0.25, 0.3) is 0 Å². The van der Waals surface area contributed by atoms with E-state index >= 15 is 0 Å². The summed E-state index contributed by atoms with van der Waals surface area (Å²) < 4.78 is 31.4. The Morgan fingerprint density at radius 2 is 1.79 bits per heavy atom. The number of hydrogen-bond acceptors (Lipinski definition) is 4. The first-order valence-corrected chi connectivity index (χ1v) is 9.34. The van der Waals surface area contributed by atoms with Crippen LogP contribution < -0.4 is 0 Å². The Kier molecular flexibility index (Phi) is 4.39. The van der Waals surface area contributed by atoms with Crippen LogP contribution in [0.3, 0.4) is 0 Å². The summed E-state index contributed by atoms with van der Waals surface area (Å²) in [5, 5.41) is 9.36. The third-order valence-corrected chi connectivity index (χ3v) is 7.03. The first-order valence-electron chi connectivity index (χ1n) is 7.42. The van der Waals surface area contributed by atoms with Gasteiger partial charge >= 0.3 is 0 Å². The molecular weight excluding hydrogens is 346 g/mol. The monoisotopic (exact) mass is 361 g/mol. The van der Waals surface area contributed by atoms with Crippen LogP contribution in [-0.2, 0) is 14.6 Å². The minimum atomic E-state index is -3.68. The van der Waals surface area contributed by atoms with Crippen LogP contribution in [0, 0.1) is 16.7 Å². The number of benzene rings is 2. The van der Waals surface area contributed by atoms with Gasteiger partial charge in [0.25, 0.3) is 0 Å². The zero-order valence-corrected chi connectivity index (χ0v) is 14.6. The zero-order valence-electron chi connectivity index (χ0n) is 13.0. The lowest BCUT2D eigenvalue weighted by molar-refractivity contribution is 0.162. The third-order valence-electron chi connectivity index (χ3n) is 4.48. The van der Waals surface area contributed by atoms with Crippen molar-refractivity contribution < 1.29 is 13.2 Å². The molecule has 24 heavy (non-hydrogen) atoms. The summed E-state index contributed by atoms with van der Waals surface area (Å²) in [4.78, 5) is 0.172. The van der Waals surface area contributed by atoms with E-state index < -0.39 is 26.4 Å². The highest BCUT2D eigenvalue weighted by Gasteiger charge is 2.72. The number of nitriles is 1. The minimum absolute atomic E-state index is 0.0700. The largest absolute Gasteiger partial charge is 0.383 e. The van der Waals surface area contributed by atoms with Crippen LogP contribution in [-0.4, -0.2) is 27.4 Å². The van der Waals surface area contributed by atoms with E-state index in [1.165, 1.54) is 19.2 Å². The van der Waals surface area contributed by atoms with Crippen LogP contribution in [0.4, 0.5) is 0 Å². The van der Waals surface area contributed by atoms with Crippen molar-refractivity contribution in [3.8, 4) is 6.07 Å². The molecule has 2 aromatic rings. The van der Waals surface area contributed by atoms with Gasteiger partial charge in [0.2, 0.25) is 0 Å². The van der Waals surface area contributed by atoms with Gasteiger partial charge in [-0.15, -0.1) is 0 Å². The van der Waals surface area contributed by atoms with Gasteiger partial charge in [0.1, 0.15) is 5.41 Å². The third kappa shape index (κ3) is 2.61. The van der Waals surface area contributed by atoms with Crippen LogP contribution in [0.1, 0.15) is 11.5 Å². The summed E-state index contributed by atoms with van der Waals surface area (Å²) >= 11 is 5.85. The topological polar surface area (TPSA) is 67.2 Å². The molecule has 0 unspecified atom stereocenters. The van der Waals surface area contributed by atoms with Gasteiger partial charge in [-0.05, 0) is 29.8 Å². The average Bonchev–Trinajstić information content (AvgIpc) is 3.26. The standard InChI is InChI=1S/C18H16ClNO3S/c1-23-12-18(11-20)16(13-5-3-2-4-6-13)17(18)24(21,22)15-9-7-14(19)8-10-15/h2-10,16-17H,12H2,1H3/t16-,17-,18-/m0/s1. The van der Waals surface area contributed by atoms with Gasteiger partial charge in [0, 0.05) is 18.1 Å². The predicted octanol–water partition coefficient (Wildman–Crippen LogP) is 3.44. The first-order chi connectivity index (χ1) is 11.5. The second kappa shape index (κ2) is 6.21. The number of nitrogens with zero attached hydrogens (tertiary/aromatic N) is 1. The van der Waals surface area contributed by atoms with Gasteiger partial charge in [-0.1, -0.05) is 41.9 Å². The zero-order chi connectivity index (χ0) is 17.4. The maximum Gasteiger partial charge on any atom is 0.183 e. The molecule has 2 aromatic carbocycles. The summed E-state index contributed by atoms with van der Waals surface area (Å²) in [6.07, 6.45) is 0. The van der Waals surface area contributed by atoms with Crippen molar-refractivity contribution in [1.82, 2.24) is 0 Å². The molecule has 4 nitrogen and oxygen atoms in total. The first kappa shape index (κ1) is 17.0. The second-order valence-electron chi connectivity index (χ2n) is 5.89. The lowest BCUT2D eigenvalue weighted by Gasteiger charge is -2.08. The fraction of sp³-hybridized carbons (Fsp3) is 0.278. The highest BCUT2D eigenvalue weighted by atomic mass is 35.5. The van der Waals surface area contributed by atoms with Crippen LogP contribution in [0.15, 0.2) is 59.5 Å². The maximum atomic E-state index is 13.1. The summed E-state index contributed by atoms with van der Waals surface area (Å²) in [5.41, 5.74) is -0.243. The van der Waals surface area contributed by atoms with Gasteiger partial charge in [-0.3, -0.25) is 0 Å². The number of ether oxygens (including phenoxy) is 1. The Bertz CT molecular complexity index is 875. The maximum absolute atomic E-state index is 13.1. The van der Waals surface area contributed by atoms with Crippen LogP contribution >= 0.6 is 11.6 Å². The molecule has 0 bridgehead atoms. The Balaban J connectivity index is 2.07. The molecule has 0 heterocycles. The Labute approximate surface area is 146 Å². The highest BCUT2D eigenvalue weighted by Crippen LogP contribution is 2.63. The normalized spacial score (nSPS) is 25.9. The van der Waals surface area contributed by atoms with Crippen molar-refractivity contribution >= 4 is 21.4 Å². The molecule has 0 radical (unpaired) electrons. The molecule has 0 amide bonds. The van der Waals surface area contributed by atoms with E-state index in [1.807, 2.05) is 30.3 Å². The summed E-state index contributed by atoms with van der Waals surface area (Å²) in [6, 6.07) is 17.5. The Morgan fingerprint density at radius 1 is 1.17 bits per heavy atom. The van der Waals surface area contributed by atoms with E-state index in [4.69, 9.17) is 16.3 Å². The van der Waals surface area contributed by atoms with Crippen LogP contribution in [0.5, 0.6) is 0 Å². The molecule has 1 fully saturated rings. The molecule has 0 spiro atoms. The number of rotatable bonds is 5. The minimum Gasteiger partial charge on any atom is -0.383 e. The van der Waals surface area contributed by atoms with E-state index in [0.717, 1.165) is 5.56 Å². The van der Waals surface area contributed by atoms with Crippen molar-refractivity contribution in [3.63, 3.8) is 0 Å². The quantitative estimate of drug-likeness (QED) is 0.818. The number of halogens is 1. The average molecular weight is 362 g/mol. The second-order valence-corrected chi connectivity index (χ2v) is 8.40. The fourth-order valence-corrected chi connectivity index (χ4v) is 5.78. The molecule has 1 saturated carbocycles. The van der Waals surface area contributed by atoms with Crippen molar-refractivity contribution in [2.24, 2.45) is 5.41 Å². The van der Waals surface area contributed by atoms with Gasteiger partial charge in [0.05, 0.1) is 22.8 Å². The van der Waals surface area contributed by atoms with Gasteiger partial charge in [-0.25, -0.2) is 8.42 Å². The molecule has 1 aliphatic carbocycles. The molecular formula is C18H16ClNO3S. The van der Waals surface area contributed by atoms with Crippen LogP contribution in [0.2, 0.25) is 5.02 Å². The van der Waals surface area contributed by atoms with Crippen molar-refractivity contribution in [1.29, 1.82) is 5.26 Å². The van der Waals surface area contributed by atoms with Gasteiger partial charge in [-0.2, -0.15) is 5.26 Å². The number of sulfone groups is 1. The summed E-state index contributed by atoms with van der Waals surface area (Å²) in [7, 11) is -2.21. The highest BCUT2D eigenvalue weighted by molar-refractivity contribution is 7.92. The molecule has 3 atom stereocenters. The van der Waals surface area contributed by atoms with E-state index in [1.54, 1.807) is 12.1 Å². The van der Waals surface area contributed by atoms with E-state index in [-0.39, 0.29) is 11.5 Å². The van der Waals surface area contributed by atoms with Gasteiger partial charge < -0.3 is 4.74 Å². The molecule has 0 aliphatic heterocycles. The van der Waals surface area contributed by atoms with Crippen molar-refractivity contribution in [3.05, 3.63) is 65.2 Å². The molecule has 1 aliphatic rings. The van der Waals surface area contributed by atoms with Crippen molar-refractivity contribution in [2.75, 3.05) is 13.7 Å². The SMILES string of the molecule is COC[C@@]1(C#N)[C@@H](c2ccccc2)[C@@H]1S(=O)(=O)c1ccc(Cl)cc1. The molecule has 0 saturated heterocycles. The molecule has 0 N–H and O–H groups in total. The van der Waals surface area contributed by atoms with E-state index in [0.29, 0.717) is 5.02 Å². The lowest BCUT2D eigenvalue weighted by atomic mass is 10.0. The Morgan fingerprint density at radius 3 is 2.33 bits per heavy atom. The number of hydrogen-bond donors (Lipinski definition) is 0. The molecule has 124 valence electrons. The lowest BCUT2D eigenvalue weighted by Crippen LogP contribution is -2.19. The molecule has 6 heteroatoms. The fourth-order valence-electron chi connectivity index (χ4n) is 3.34. The predicted molar refractivity (Wildman–Crippen MR) is 91.5 cm³/mol. The number of methoxy groups -OCH3 is 1. The smallest absolute Gasteiger partial charge is 0.183 e. The van der Waals surface area contributed by atoms with E-state index in [2.05, 4.69) is 6.07 Å². The van der Waals surface area contributed by atoms with Crippen molar-refractivity contribution in [2.45, 2.75) is 16.1 Å². The summed E-state index contributed by atoms with van der Waals surface area (Å²) in [5.74, 6) is -0.413.